The number of ether oxygens (including phenoxy) is 1. The van der Waals surface area contributed by atoms with E-state index in [9.17, 15) is 0 Å². The Labute approximate surface area is 113 Å². The average molecular weight is 258 g/mol. The van der Waals surface area contributed by atoms with Gasteiger partial charge in [0.05, 0.1) is 30.9 Å². The van der Waals surface area contributed by atoms with Gasteiger partial charge in [0, 0.05) is 18.3 Å². The second kappa shape index (κ2) is 6.68. The standard InChI is InChI=1S/C14H18N4O/c1-3-5-17-14-10-16-9-13(18-14)11-6-12(19-4-2)8-15-7-11/h6-10H,3-5H2,1-2H3,(H,17,18). The number of anilines is 1. The lowest BCUT2D eigenvalue weighted by atomic mass is 10.2. The van der Waals surface area contributed by atoms with E-state index in [0.717, 1.165) is 35.8 Å². The van der Waals surface area contributed by atoms with Crippen molar-refractivity contribution in [1.29, 1.82) is 0 Å². The maximum absolute atomic E-state index is 5.44. The first-order valence-corrected chi connectivity index (χ1v) is 6.47. The molecule has 0 saturated carbocycles. The normalized spacial score (nSPS) is 10.2. The molecule has 2 aromatic heterocycles. The van der Waals surface area contributed by atoms with Crippen LogP contribution >= 0.6 is 0 Å². The second-order valence-corrected chi connectivity index (χ2v) is 4.06. The van der Waals surface area contributed by atoms with Crippen molar-refractivity contribution < 1.29 is 4.74 Å². The van der Waals surface area contributed by atoms with Crippen LogP contribution in [0, 0.1) is 0 Å². The fourth-order valence-corrected chi connectivity index (χ4v) is 1.65. The zero-order valence-corrected chi connectivity index (χ0v) is 11.3. The number of nitrogens with zero attached hydrogens (tertiary/aromatic N) is 3. The molecule has 0 aliphatic carbocycles. The van der Waals surface area contributed by atoms with Crippen LogP contribution in [0.15, 0.2) is 30.9 Å². The van der Waals surface area contributed by atoms with E-state index in [4.69, 9.17) is 4.74 Å². The third-order valence-corrected chi connectivity index (χ3v) is 2.51. The lowest BCUT2D eigenvalue weighted by molar-refractivity contribution is 0.339. The lowest BCUT2D eigenvalue weighted by Crippen LogP contribution is -2.03. The summed E-state index contributed by atoms with van der Waals surface area (Å²) in [4.78, 5) is 12.9. The molecule has 5 heteroatoms. The van der Waals surface area contributed by atoms with Crippen molar-refractivity contribution in [3.63, 3.8) is 0 Å². The van der Waals surface area contributed by atoms with E-state index in [-0.39, 0.29) is 0 Å². The molecule has 0 radical (unpaired) electrons. The number of nitrogens with one attached hydrogen (secondary N) is 1. The van der Waals surface area contributed by atoms with Crippen molar-refractivity contribution in [1.82, 2.24) is 15.0 Å². The smallest absolute Gasteiger partial charge is 0.145 e. The van der Waals surface area contributed by atoms with Gasteiger partial charge in [0.25, 0.3) is 0 Å². The first-order valence-electron chi connectivity index (χ1n) is 6.47. The minimum atomic E-state index is 0.620. The van der Waals surface area contributed by atoms with E-state index in [2.05, 4.69) is 27.2 Å². The minimum Gasteiger partial charge on any atom is -0.492 e. The van der Waals surface area contributed by atoms with Crippen LogP contribution in [-0.2, 0) is 0 Å². The van der Waals surface area contributed by atoms with Crippen molar-refractivity contribution in [2.75, 3.05) is 18.5 Å². The molecule has 0 atom stereocenters. The molecule has 0 unspecified atom stereocenters. The van der Waals surface area contributed by atoms with Crippen molar-refractivity contribution in [3.05, 3.63) is 30.9 Å². The minimum absolute atomic E-state index is 0.620. The van der Waals surface area contributed by atoms with Crippen molar-refractivity contribution >= 4 is 5.82 Å². The first kappa shape index (κ1) is 13.3. The molecule has 2 aromatic rings. The van der Waals surface area contributed by atoms with Crippen LogP contribution in [0.1, 0.15) is 20.3 Å². The monoisotopic (exact) mass is 258 g/mol. The van der Waals surface area contributed by atoms with Crippen molar-refractivity contribution in [3.8, 4) is 17.0 Å². The zero-order chi connectivity index (χ0) is 13.5. The zero-order valence-electron chi connectivity index (χ0n) is 11.3. The highest BCUT2D eigenvalue weighted by molar-refractivity contribution is 5.60. The molecule has 0 fully saturated rings. The highest BCUT2D eigenvalue weighted by atomic mass is 16.5. The van der Waals surface area contributed by atoms with Crippen molar-refractivity contribution in [2.45, 2.75) is 20.3 Å². The fourth-order valence-electron chi connectivity index (χ4n) is 1.65. The number of hydrogen-bond acceptors (Lipinski definition) is 5. The summed E-state index contributed by atoms with van der Waals surface area (Å²) in [7, 11) is 0. The van der Waals surface area contributed by atoms with Gasteiger partial charge in [-0.15, -0.1) is 0 Å². The van der Waals surface area contributed by atoms with Gasteiger partial charge in [-0.25, -0.2) is 4.98 Å². The summed E-state index contributed by atoms with van der Waals surface area (Å²) in [6.45, 7) is 5.56. The third-order valence-electron chi connectivity index (χ3n) is 2.51. The largest absolute Gasteiger partial charge is 0.492 e. The molecule has 0 bridgehead atoms. The predicted molar refractivity (Wildman–Crippen MR) is 75.2 cm³/mol. The van der Waals surface area contributed by atoms with Crippen LogP contribution in [0.4, 0.5) is 5.82 Å². The summed E-state index contributed by atoms with van der Waals surface area (Å²) in [5, 5.41) is 3.22. The van der Waals surface area contributed by atoms with E-state index < -0.39 is 0 Å². The van der Waals surface area contributed by atoms with E-state index in [1.165, 1.54) is 0 Å². The molecule has 0 aromatic carbocycles. The van der Waals surface area contributed by atoms with Crippen LogP contribution in [-0.4, -0.2) is 28.1 Å². The Hall–Kier alpha value is -2.17. The van der Waals surface area contributed by atoms with Gasteiger partial charge in [-0.1, -0.05) is 6.92 Å². The summed E-state index contributed by atoms with van der Waals surface area (Å²) >= 11 is 0. The van der Waals surface area contributed by atoms with Crippen LogP contribution in [0.3, 0.4) is 0 Å². The molecule has 0 aliphatic rings. The second-order valence-electron chi connectivity index (χ2n) is 4.06. The van der Waals surface area contributed by atoms with Crippen LogP contribution in [0.25, 0.3) is 11.3 Å². The van der Waals surface area contributed by atoms with Gasteiger partial charge in [-0.2, -0.15) is 0 Å². The molecule has 2 rings (SSSR count). The third kappa shape index (κ3) is 3.64. The Kier molecular flexibility index (Phi) is 4.66. The van der Waals surface area contributed by atoms with Crippen LogP contribution in [0.2, 0.25) is 0 Å². The first-order chi connectivity index (χ1) is 9.33. The summed E-state index contributed by atoms with van der Waals surface area (Å²) in [5.74, 6) is 1.52. The number of pyridine rings is 1. The van der Waals surface area contributed by atoms with Crippen LogP contribution in [0.5, 0.6) is 5.75 Å². The Bertz CT molecular complexity index is 530. The Morgan fingerprint density at radius 3 is 2.74 bits per heavy atom. The Morgan fingerprint density at radius 2 is 1.95 bits per heavy atom. The van der Waals surface area contributed by atoms with E-state index in [1.807, 2.05) is 13.0 Å². The number of rotatable bonds is 6. The summed E-state index contributed by atoms with van der Waals surface area (Å²) in [6.07, 6.45) is 7.95. The average Bonchev–Trinajstić information content (AvgIpc) is 2.46. The van der Waals surface area contributed by atoms with Crippen LogP contribution < -0.4 is 10.1 Å². The van der Waals surface area contributed by atoms with Crippen molar-refractivity contribution in [2.24, 2.45) is 0 Å². The Balaban J connectivity index is 2.23. The fraction of sp³-hybridized carbons (Fsp3) is 0.357. The van der Waals surface area contributed by atoms with Gasteiger partial charge in [0.2, 0.25) is 0 Å². The molecule has 0 aliphatic heterocycles. The molecular formula is C14H18N4O. The van der Waals surface area contributed by atoms with Gasteiger partial charge < -0.3 is 10.1 Å². The molecule has 0 saturated heterocycles. The predicted octanol–water partition coefficient (Wildman–Crippen LogP) is 2.76. The quantitative estimate of drug-likeness (QED) is 0.863. The SMILES string of the molecule is CCCNc1cncc(-c2cncc(OCC)c2)n1. The maximum atomic E-state index is 5.44. The van der Waals surface area contributed by atoms with E-state index >= 15 is 0 Å². The maximum Gasteiger partial charge on any atom is 0.145 e. The van der Waals surface area contributed by atoms with Gasteiger partial charge in [0.15, 0.2) is 0 Å². The molecular weight excluding hydrogens is 240 g/mol. The molecule has 19 heavy (non-hydrogen) atoms. The molecule has 5 nitrogen and oxygen atoms in total. The number of aromatic nitrogens is 3. The number of hydrogen-bond donors (Lipinski definition) is 1. The van der Waals surface area contributed by atoms with Gasteiger partial charge in [-0.3, -0.25) is 9.97 Å². The molecule has 1 N–H and O–H groups in total. The molecule has 0 amide bonds. The van der Waals surface area contributed by atoms with Gasteiger partial charge in [-0.05, 0) is 19.4 Å². The lowest BCUT2D eigenvalue weighted by Gasteiger charge is -2.07. The Morgan fingerprint density at radius 1 is 1.11 bits per heavy atom. The topological polar surface area (TPSA) is 59.9 Å². The van der Waals surface area contributed by atoms with Gasteiger partial charge in [0.1, 0.15) is 11.6 Å². The molecule has 100 valence electrons. The highest BCUT2D eigenvalue weighted by Gasteiger charge is 2.04. The summed E-state index contributed by atoms with van der Waals surface area (Å²) in [6, 6.07) is 1.92. The molecule has 2 heterocycles. The van der Waals surface area contributed by atoms with E-state index in [0.29, 0.717) is 6.61 Å². The van der Waals surface area contributed by atoms with Gasteiger partial charge >= 0.3 is 0 Å². The molecule has 0 spiro atoms. The summed E-state index contributed by atoms with van der Waals surface area (Å²) in [5.41, 5.74) is 1.69. The van der Waals surface area contributed by atoms with E-state index in [1.54, 1.807) is 24.8 Å². The summed E-state index contributed by atoms with van der Waals surface area (Å²) < 4.78 is 5.44. The highest BCUT2D eigenvalue weighted by Crippen LogP contribution is 2.21.